The molecule has 3 aliphatic rings. The molecular weight excluding hydrogens is 426 g/mol. The molecule has 7 heteroatoms. The number of nitrogens with zero attached hydrogens (tertiary/aromatic N) is 1. The highest BCUT2D eigenvalue weighted by atomic mass is 32.2. The number of rotatable bonds is 3. The minimum atomic E-state index is -4.09. The summed E-state index contributed by atoms with van der Waals surface area (Å²) in [6.07, 6.45) is 9.86. The summed E-state index contributed by atoms with van der Waals surface area (Å²) in [5.74, 6) is -0.562. The largest absolute Gasteiger partial charge is 0.506 e. The van der Waals surface area contributed by atoms with Crippen LogP contribution in [0.2, 0.25) is 0 Å². The molecule has 1 aromatic carbocycles. The first kappa shape index (κ1) is 22.6. The molecule has 32 heavy (non-hydrogen) atoms. The number of ether oxygens (including phenoxy) is 1. The van der Waals surface area contributed by atoms with E-state index in [2.05, 4.69) is 26.0 Å². The van der Waals surface area contributed by atoms with Crippen molar-refractivity contribution in [1.29, 1.82) is 0 Å². The molecule has 0 spiro atoms. The van der Waals surface area contributed by atoms with E-state index in [0.717, 1.165) is 22.3 Å². The highest BCUT2D eigenvalue weighted by Gasteiger charge is 2.33. The third kappa shape index (κ3) is 3.74. The monoisotopic (exact) mass is 455 g/mol. The maximum Gasteiger partial charge on any atom is 0.250 e. The summed E-state index contributed by atoms with van der Waals surface area (Å²) in [6, 6.07) is 1.46. The van der Waals surface area contributed by atoms with Crippen molar-refractivity contribution in [2.45, 2.75) is 32.6 Å². The number of hydrogen-bond acceptors (Lipinski definition) is 5. The minimum Gasteiger partial charge on any atom is -0.506 e. The molecule has 0 unspecified atom stereocenters. The molecule has 2 N–H and O–H groups in total. The number of phenols is 2. The Morgan fingerprint density at radius 3 is 2.31 bits per heavy atom. The lowest BCUT2D eigenvalue weighted by Crippen LogP contribution is -2.41. The van der Waals surface area contributed by atoms with E-state index in [1.165, 1.54) is 15.9 Å². The lowest BCUT2D eigenvalue weighted by Gasteiger charge is -2.26. The van der Waals surface area contributed by atoms with Crippen LogP contribution in [-0.2, 0) is 14.8 Å². The van der Waals surface area contributed by atoms with Gasteiger partial charge in [0.25, 0.3) is 10.0 Å². The zero-order valence-corrected chi connectivity index (χ0v) is 19.7. The van der Waals surface area contributed by atoms with Gasteiger partial charge in [-0.2, -0.15) is 4.31 Å². The third-order valence-corrected chi connectivity index (χ3v) is 8.17. The van der Waals surface area contributed by atoms with Crippen LogP contribution < -0.4 is 10.4 Å². The second kappa shape index (κ2) is 8.39. The van der Waals surface area contributed by atoms with E-state index >= 15 is 0 Å². The van der Waals surface area contributed by atoms with Gasteiger partial charge in [0.2, 0.25) is 0 Å². The van der Waals surface area contributed by atoms with Crippen LogP contribution in [0.4, 0.5) is 0 Å². The lowest BCUT2D eigenvalue weighted by atomic mass is 9.90. The Hall–Kier alpha value is -2.61. The molecule has 0 bridgehead atoms. The molecule has 0 radical (unpaired) electrons. The van der Waals surface area contributed by atoms with Gasteiger partial charge in [0.1, 0.15) is 11.5 Å². The summed E-state index contributed by atoms with van der Waals surface area (Å²) in [6.45, 7) is 9.15. The van der Waals surface area contributed by atoms with Crippen LogP contribution >= 0.6 is 0 Å². The smallest absolute Gasteiger partial charge is 0.250 e. The van der Waals surface area contributed by atoms with Crippen molar-refractivity contribution in [3.05, 3.63) is 63.1 Å². The van der Waals surface area contributed by atoms with Crippen LogP contribution in [0.5, 0.6) is 11.5 Å². The summed E-state index contributed by atoms with van der Waals surface area (Å²) >= 11 is 0. The molecule has 0 saturated carbocycles. The molecule has 0 atom stereocenters. The minimum absolute atomic E-state index is 0.177. The molecule has 1 aromatic rings. The van der Waals surface area contributed by atoms with E-state index in [-0.39, 0.29) is 26.3 Å². The maximum atomic E-state index is 13.3. The quantitative estimate of drug-likeness (QED) is 0.731. The van der Waals surface area contributed by atoms with E-state index < -0.39 is 26.4 Å². The first-order valence-electron chi connectivity index (χ1n) is 10.8. The van der Waals surface area contributed by atoms with Crippen LogP contribution in [0, 0.1) is 5.92 Å². The number of morpholine rings is 1. The molecule has 4 rings (SSSR count). The van der Waals surface area contributed by atoms with Crippen LogP contribution in [-0.4, -0.2) is 49.2 Å². The molecule has 1 aliphatic heterocycles. The molecular formula is C25H29NO5S. The van der Waals surface area contributed by atoms with Gasteiger partial charge >= 0.3 is 0 Å². The Kier molecular flexibility index (Phi) is 5.92. The van der Waals surface area contributed by atoms with Crippen LogP contribution in [0.3, 0.4) is 0 Å². The third-order valence-electron chi connectivity index (χ3n) is 6.20. The summed E-state index contributed by atoms with van der Waals surface area (Å²) < 4.78 is 33.0. The van der Waals surface area contributed by atoms with Crippen molar-refractivity contribution in [1.82, 2.24) is 4.31 Å². The fraction of sp³-hybridized carbons (Fsp3) is 0.360. The first-order valence-corrected chi connectivity index (χ1v) is 12.2. The average molecular weight is 456 g/mol. The zero-order chi connectivity index (χ0) is 23.2. The van der Waals surface area contributed by atoms with Crippen LogP contribution in [0.1, 0.15) is 27.7 Å². The summed E-state index contributed by atoms with van der Waals surface area (Å²) in [7, 11) is -4.09. The zero-order valence-electron chi connectivity index (χ0n) is 18.8. The number of fused-ring (bicyclic) bond motifs is 2. The standard InChI is InChI=1S/C25H29NO5S/c1-15(2)18-7-5-17(4)23-20(13-18)16(3)6-8-19-21(23)14-22(27)25(24(19)28)32(29,30)26-9-11-31-12-10-26/h5-8,13-15,27-28H,9-12H2,1-4H3. The number of phenolic OH excluding ortho intramolecular Hbond substituents is 2. The van der Waals surface area contributed by atoms with Gasteiger partial charge in [0.05, 0.1) is 13.2 Å². The number of sulfonamides is 1. The van der Waals surface area contributed by atoms with Crippen molar-refractivity contribution in [3.8, 4) is 11.5 Å². The number of hydrogen-bond donors (Lipinski definition) is 2. The van der Waals surface area contributed by atoms with Gasteiger partial charge in [0.15, 0.2) is 4.90 Å². The van der Waals surface area contributed by atoms with Crippen molar-refractivity contribution >= 4 is 21.7 Å². The van der Waals surface area contributed by atoms with E-state index in [0.29, 0.717) is 16.4 Å². The topological polar surface area (TPSA) is 87.1 Å². The second-order valence-corrected chi connectivity index (χ2v) is 10.5. The second-order valence-electron chi connectivity index (χ2n) is 8.67. The van der Waals surface area contributed by atoms with Gasteiger partial charge < -0.3 is 14.9 Å². The molecule has 6 nitrogen and oxygen atoms in total. The Morgan fingerprint density at radius 1 is 1.00 bits per heavy atom. The Balaban J connectivity index is 2.04. The van der Waals surface area contributed by atoms with Gasteiger partial charge in [-0.1, -0.05) is 44.2 Å². The molecule has 0 aromatic heterocycles. The van der Waals surface area contributed by atoms with E-state index in [1.807, 2.05) is 26.0 Å². The Bertz CT molecular complexity index is 1320. The van der Waals surface area contributed by atoms with Crippen molar-refractivity contribution in [3.63, 3.8) is 0 Å². The Morgan fingerprint density at radius 2 is 1.66 bits per heavy atom. The van der Waals surface area contributed by atoms with E-state index in [9.17, 15) is 18.6 Å². The normalized spacial score (nSPS) is 19.6. The molecule has 1 heterocycles. The molecule has 2 aliphatic carbocycles. The van der Waals surface area contributed by atoms with E-state index in [1.54, 1.807) is 6.08 Å². The van der Waals surface area contributed by atoms with Crippen molar-refractivity contribution in [2.24, 2.45) is 5.92 Å². The van der Waals surface area contributed by atoms with Gasteiger partial charge in [-0.15, -0.1) is 0 Å². The fourth-order valence-corrected chi connectivity index (χ4v) is 5.89. The highest BCUT2D eigenvalue weighted by molar-refractivity contribution is 7.89. The SMILES string of the molecule is CC1=CC=c2c(O)c(S(=O)(=O)N3CCOCC3)c(O)cc2=C2C(C)=CC=C(C(C)C)C=C12. The first-order chi connectivity index (χ1) is 15.1. The number of benzene rings is 1. The maximum absolute atomic E-state index is 13.3. The van der Waals surface area contributed by atoms with Gasteiger partial charge in [0, 0.05) is 18.3 Å². The summed E-state index contributed by atoms with van der Waals surface area (Å²) in [5.41, 5.74) is 5.00. The predicted octanol–water partition coefficient (Wildman–Crippen LogP) is 2.48. The number of allylic oxidation sites excluding steroid dienone is 8. The number of aromatic hydroxyl groups is 2. The van der Waals surface area contributed by atoms with Crippen LogP contribution in [0.15, 0.2) is 57.6 Å². The fourth-order valence-electron chi connectivity index (χ4n) is 4.33. The molecule has 1 fully saturated rings. The summed E-state index contributed by atoms with van der Waals surface area (Å²) in [5, 5.41) is 23.0. The van der Waals surface area contributed by atoms with Gasteiger partial charge in [-0.3, -0.25) is 0 Å². The van der Waals surface area contributed by atoms with E-state index in [4.69, 9.17) is 4.74 Å². The summed E-state index contributed by atoms with van der Waals surface area (Å²) in [4.78, 5) is -0.454. The van der Waals surface area contributed by atoms with Crippen molar-refractivity contribution < 1.29 is 23.4 Å². The molecule has 0 amide bonds. The predicted molar refractivity (Wildman–Crippen MR) is 125 cm³/mol. The van der Waals surface area contributed by atoms with Gasteiger partial charge in [-0.25, -0.2) is 8.42 Å². The average Bonchev–Trinajstić information content (AvgIpc) is 3.00. The van der Waals surface area contributed by atoms with Gasteiger partial charge in [-0.05, 0) is 58.9 Å². The molecule has 170 valence electrons. The lowest BCUT2D eigenvalue weighted by molar-refractivity contribution is 0.0729. The molecule has 1 saturated heterocycles. The Labute approximate surface area is 188 Å². The van der Waals surface area contributed by atoms with Crippen LogP contribution in [0.25, 0.3) is 11.6 Å². The highest BCUT2D eigenvalue weighted by Crippen LogP contribution is 2.35. The van der Waals surface area contributed by atoms with Crippen molar-refractivity contribution in [2.75, 3.05) is 26.3 Å².